The zero-order valence-electron chi connectivity index (χ0n) is 18.3. The Hall–Kier alpha value is -3.39. The Balaban J connectivity index is 2.01. The van der Waals surface area contributed by atoms with E-state index in [2.05, 4.69) is 117 Å². The van der Waals surface area contributed by atoms with Crippen molar-refractivity contribution in [3.8, 4) is 17.1 Å². The van der Waals surface area contributed by atoms with Crippen LogP contribution in [-0.2, 0) is 7.05 Å². The molecular weight excluding hydrogens is 364 g/mol. The lowest BCUT2D eigenvalue weighted by molar-refractivity contribution is -0.659. The van der Waals surface area contributed by atoms with Gasteiger partial charge >= 0.3 is 0 Å². The summed E-state index contributed by atoms with van der Waals surface area (Å²) in [5.74, 6) is 0. The first-order valence-electron chi connectivity index (χ1n) is 10.5. The van der Waals surface area contributed by atoms with Crippen molar-refractivity contribution >= 4 is 21.7 Å². The highest BCUT2D eigenvalue weighted by Crippen LogP contribution is 2.39. The molecule has 2 aromatic heterocycles. The average Bonchev–Trinajstić information content (AvgIpc) is 3.00. The van der Waals surface area contributed by atoms with Crippen LogP contribution >= 0.6 is 0 Å². The fourth-order valence-electron chi connectivity index (χ4n) is 5.05. The van der Waals surface area contributed by atoms with Gasteiger partial charge in [-0.25, -0.2) is 0 Å². The number of aryl methyl sites for hydroxylation is 5. The van der Waals surface area contributed by atoms with Crippen LogP contribution in [0.4, 0.5) is 0 Å². The third kappa shape index (κ3) is 2.68. The molecule has 5 aromatic rings. The van der Waals surface area contributed by atoms with Crippen LogP contribution in [0.25, 0.3) is 38.8 Å². The summed E-state index contributed by atoms with van der Waals surface area (Å²) in [7, 11) is 2.15. The second-order valence-electron chi connectivity index (χ2n) is 8.44. The molecular formula is C28H27N2+. The minimum Gasteiger partial charge on any atom is -0.303 e. The minimum atomic E-state index is 1.25. The number of hydrogen-bond acceptors (Lipinski definition) is 0. The van der Waals surface area contributed by atoms with Crippen molar-refractivity contribution in [2.75, 3.05) is 0 Å². The number of benzene rings is 3. The van der Waals surface area contributed by atoms with E-state index in [9.17, 15) is 0 Å². The minimum absolute atomic E-state index is 1.25. The first-order chi connectivity index (χ1) is 14.5. The van der Waals surface area contributed by atoms with Gasteiger partial charge in [-0.3, -0.25) is 0 Å². The van der Waals surface area contributed by atoms with E-state index < -0.39 is 0 Å². The van der Waals surface area contributed by atoms with E-state index in [1.165, 1.54) is 61.0 Å². The summed E-state index contributed by atoms with van der Waals surface area (Å²) in [5, 5.41) is 3.84. The lowest BCUT2D eigenvalue weighted by Crippen LogP contribution is -2.31. The number of hydrogen-bond donors (Lipinski definition) is 0. The summed E-state index contributed by atoms with van der Waals surface area (Å²) < 4.78 is 4.75. The average molecular weight is 392 g/mol. The monoisotopic (exact) mass is 391 g/mol. The molecule has 30 heavy (non-hydrogen) atoms. The van der Waals surface area contributed by atoms with E-state index in [-0.39, 0.29) is 0 Å². The van der Waals surface area contributed by atoms with Gasteiger partial charge in [0, 0.05) is 11.5 Å². The van der Waals surface area contributed by atoms with Crippen LogP contribution in [0, 0.1) is 27.7 Å². The van der Waals surface area contributed by atoms with Gasteiger partial charge in [-0.1, -0.05) is 54.1 Å². The van der Waals surface area contributed by atoms with Crippen LogP contribution in [0.3, 0.4) is 0 Å². The Morgan fingerprint density at radius 3 is 2.10 bits per heavy atom. The number of para-hydroxylation sites is 1. The molecule has 0 unspecified atom stereocenters. The van der Waals surface area contributed by atoms with Crippen molar-refractivity contribution in [3.05, 3.63) is 95.2 Å². The highest BCUT2D eigenvalue weighted by Gasteiger charge is 2.26. The molecule has 0 aliphatic rings. The lowest BCUT2D eigenvalue weighted by Gasteiger charge is -2.17. The summed E-state index contributed by atoms with van der Waals surface area (Å²) >= 11 is 0. The van der Waals surface area contributed by atoms with E-state index >= 15 is 0 Å². The van der Waals surface area contributed by atoms with Crippen LogP contribution in [-0.4, -0.2) is 4.57 Å². The van der Waals surface area contributed by atoms with Gasteiger partial charge in [0.1, 0.15) is 12.7 Å². The summed E-state index contributed by atoms with van der Waals surface area (Å²) in [5.41, 5.74) is 10.3. The van der Waals surface area contributed by atoms with E-state index in [0.717, 1.165) is 0 Å². The largest absolute Gasteiger partial charge is 0.303 e. The Labute approximate surface area is 178 Å². The van der Waals surface area contributed by atoms with Crippen LogP contribution < -0.4 is 4.57 Å². The van der Waals surface area contributed by atoms with Crippen molar-refractivity contribution in [2.24, 2.45) is 7.05 Å². The summed E-state index contributed by atoms with van der Waals surface area (Å²) in [6, 6.07) is 24.2. The fourth-order valence-corrected chi connectivity index (χ4v) is 5.05. The first-order valence-corrected chi connectivity index (χ1v) is 10.5. The lowest BCUT2D eigenvalue weighted by atomic mass is 10.0. The van der Waals surface area contributed by atoms with Crippen molar-refractivity contribution in [1.82, 2.24) is 4.57 Å². The summed E-state index contributed by atoms with van der Waals surface area (Å²) in [6.07, 6.45) is 2.17. The van der Waals surface area contributed by atoms with E-state index in [1.54, 1.807) is 0 Å². The van der Waals surface area contributed by atoms with E-state index in [4.69, 9.17) is 0 Å². The number of nitrogens with zero attached hydrogens (tertiary/aromatic N) is 2. The van der Waals surface area contributed by atoms with Crippen LogP contribution in [0.15, 0.2) is 72.9 Å². The topological polar surface area (TPSA) is 8.81 Å². The standard InChI is InChI=1S/C28H27N2/c1-18-16-19(2)26(20(3)17-18)30-25-13-9-8-11-23(25)21(4)27(30)28-24-12-7-6-10-22(24)14-15-29(28)5/h6-17H,1-5H3/q+1. The van der Waals surface area contributed by atoms with Crippen LogP contribution in [0.5, 0.6) is 0 Å². The molecule has 2 heterocycles. The van der Waals surface area contributed by atoms with Gasteiger partial charge in [-0.2, -0.15) is 4.57 Å². The Kier molecular flexibility index (Phi) is 4.25. The smallest absolute Gasteiger partial charge is 0.237 e. The molecule has 2 nitrogen and oxygen atoms in total. The van der Waals surface area contributed by atoms with Crippen molar-refractivity contribution < 1.29 is 4.57 Å². The van der Waals surface area contributed by atoms with Gasteiger partial charge in [-0.05, 0) is 61.9 Å². The number of aromatic nitrogens is 2. The molecule has 0 saturated carbocycles. The third-order valence-electron chi connectivity index (χ3n) is 6.26. The zero-order valence-corrected chi connectivity index (χ0v) is 18.3. The number of pyridine rings is 1. The van der Waals surface area contributed by atoms with Crippen LogP contribution in [0.1, 0.15) is 22.3 Å². The second kappa shape index (κ2) is 6.84. The number of rotatable bonds is 2. The van der Waals surface area contributed by atoms with E-state index in [1.807, 2.05) is 0 Å². The van der Waals surface area contributed by atoms with Crippen molar-refractivity contribution in [3.63, 3.8) is 0 Å². The molecule has 0 spiro atoms. The molecule has 0 aliphatic carbocycles. The molecule has 0 saturated heterocycles. The third-order valence-corrected chi connectivity index (χ3v) is 6.26. The molecule has 3 aromatic carbocycles. The zero-order chi connectivity index (χ0) is 21.0. The maximum Gasteiger partial charge on any atom is 0.237 e. The predicted octanol–water partition coefficient (Wildman–Crippen LogP) is 6.51. The second-order valence-corrected chi connectivity index (χ2v) is 8.44. The first kappa shape index (κ1) is 18.6. The number of fused-ring (bicyclic) bond motifs is 2. The summed E-state index contributed by atoms with van der Waals surface area (Å²) in [4.78, 5) is 0. The highest BCUT2D eigenvalue weighted by atomic mass is 15.0. The molecule has 0 bridgehead atoms. The fraction of sp³-hybridized carbons (Fsp3) is 0.179. The Morgan fingerprint density at radius 2 is 1.37 bits per heavy atom. The molecule has 0 amide bonds. The molecule has 5 rings (SSSR count). The van der Waals surface area contributed by atoms with Crippen LogP contribution in [0.2, 0.25) is 0 Å². The van der Waals surface area contributed by atoms with Gasteiger partial charge in [0.15, 0.2) is 6.20 Å². The SMILES string of the molecule is Cc1cc(C)c(-n2c(-c3c4ccccc4cc[n+]3C)c(C)c3ccccc32)c(C)c1. The molecule has 0 N–H and O–H groups in total. The van der Waals surface area contributed by atoms with Gasteiger partial charge in [0.05, 0.1) is 16.6 Å². The Morgan fingerprint density at radius 1 is 0.733 bits per heavy atom. The summed E-state index contributed by atoms with van der Waals surface area (Å²) in [6.45, 7) is 8.89. The Bertz CT molecular complexity index is 1410. The maximum absolute atomic E-state index is 2.48. The predicted molar refractivity (Wildman–Crippen MR) is 126 cm³/mol. The molecule has 0 aliphatic heterocycles. The van der Waals surface area contributed by atoms with Gasteiger partial charge in [-0.15, -0.1) is 0 Å². The van der Waals surface area contributed by atoms with Gasteiger partial charge in [0.2, 0.25) is 5.69 Å². The molecule has 0 atom stereocenters. The van der Waals surface area contributed by atoms with Crippen molar-refractivity contribution in [1.29, 1.82) is 0 Å². The normalized spacial score (nSPS) is 11.5. The molecule has 0 fully saturated rings. The molecule has 0 radical (unpaired) electrons. The van der Waals surface area contributed by atoms with E-state index in [0.29, 0.717) is 0 Å². The van der Waals surface area contributed by atoms with Gasteiger partial charge in [0.25, 0.3) is 0 Å². The molecule has 148 valence electrons. The molecule has 2 heteroatoms. The maximum atomic E-state index is 2.48. The van der Waals surface area contributed by atoms with Crippen molar-refractivity contribution in [2.45, 2.75) is 27.7 Å². The highest BCUT2D eigenvalue weighted by molar-refractivity contribution is 5.99. The quantitative estimate of drug-likeness (QED) is 0.303. The van der Waals surface area contributed by atoms with Gasteiger partial charge < -0.3 is 4.57 Å².